The van der Waals surface area contributed by atoms with E-state index in [-0.39, 0.29) is 6.61 Å². The molecule has 0 bridgehead atoms. The van der Waals surface area contributed by atoms with Gasteiger partial charge in [0.15, 0.2) is 0 Å². The summed E-state index contributed by atoms with van der Waals surface area (Å²) in [6.45, 7) is 1.21. The fourth-order valence-corrected chi connectivity index (χ4v) is 1.32. The SMILES string of the molecule is CCOC(=O)c1cncc(C(F)F)c1C(F)(F)F. The predicted octanol–water partition coefficient (Wildman–Crippen LogP) is 3.21. The Morgan fingerprint density at radius 2 is 2.00 bits per heavy atom. The van der Waals surface area contributed by atoms with Gasteiger partial charge in [0.1, 0.15) is 0 Å². The van der Waals surface area contributed by atoms with E-state index in [0.717, 1.165) is 0 Å². The number of nitrogens with zero attached hydrogens (tertiary/aromatic N) is 1. The van der Waals surface area contributed by atoms with Crippen LogP contribution < -0.4 is 0 Å². The molecule has 8 heteroatoms. The van der Waals surface area contributed by atoms with Crippen LogP contribution in [0.25, 0.3) is 0 Å². The standard InChI is InChI=1S/C10H8F5NO2/c1-2-18-9(17)6-4-16-3-5(8(11)12)7(6)10(13,14)15/h3-4,8H,2H2,1H3. The molecule has 0 aromatic carbocycles. The lowest BCUT2D eigenvalue weighted by Gasteiger charge is -2.15. The van der Waals surface area contributed by atoms with Crippen molar-refractivity contribution in [2.75, 3.05) is 6.61 Å². The molecule has 0 spiro atoms. The first-order valence-corrected chi connectivity index (χ1v) is 4.79. The molecule has 0 radical (unpaired) electrons. The van der Waals surface area contributed by atoms with Crippen molar-refractivity contribution in [2.45, 2.75) is 19.5 Å². The van der Waals surface area contributed by atoms with Gasteiger partial charge >= 0.3 is 12.1 Å². The van der Waals surface area contributed by atoms with E-state index in [2.05, 4.69) is 9.72 Å². The molecule has 0 aliphatic heterocycles. The first-order valence-electron chi connectivity index (χ1n) is 4.79. The molecule has 0 atom stereocenters. The summed E-state index contributed by atoms with van der Waals surface area (Å²) in [5, 5.41) is 0. The molecule has 3 nitrogen and oxygen atoms in total. The molecule has 100 valence electrons. The van der Waals surface area contributed by atoms with Crippen molar-refractivity contribution in [1.29, 1.82) is 0 Å². The number of alkyl halides is 5. The molecule has 1 aromatic heterocycles. The van der Waals surface area contributed by atoms with Crippen molar-refractivity contribution < 1.29 is 31.5 Å². The Morgan fingerprint density at radius 3 is 2.44 bits per heavy atom. The third-order valence-electron chi connectivity index (χ3n) is 1.99. The van der Waals surface area contributed by atoms with Crippen LogP contribution in [0.1, 0.15) is 34.8 Å². The van der Waals surface area contributed by atoms with E-state index in [0.29, 0.717) is 12.4 Å². The second-order valence-corrected chi connectivity index (χ2v) is 3.17. The zero-order valence-corrected chi connectivity index (χ0v) is 9.09. The van der Waals surface area contributed by atoms with Gasteiger partial charge in [0.25, 0.3) is 6.43 Å². The van der Waals surface area contributed by atoms with Gasteiger partial charge in [-0.3, -0.25) is 4.98 Å². The number of ether oxygens (including phenoxy) is 1. The van der Waals surface area contributed by atoms with Crippen LogP contribution >= 0.6 is 0 Å². The smallest absolute Gasteiger partial charge is 0.417 e. The summed E-state index contributed by atoms with van der Waals surface area (Å²) >= 11 is 0. The Labute approximate surface area is 98.6 Å². The largest absolute Gasteiger partial charge is 0.462 e. The van der Waals surface area contributed by atoms with Crippen LogP contribution in [0.15, 0.2) is 12.4 Å². The molecule has 0 saturated carbocycles. The Morgan fingerprint density at radius 1 is 1.39 bits per heavy atom. The van der Waals surface area contributed by atoms with Crippen LogP contribution in [0.5, 0.6) is 0 Å². The first kappa shape index (κ1) is 14.3. The average Bonchev–Trinajstić information content (AvgIpc) is 2.27. The quantitative estimate of drug-likeness (QED) is 0.624. The van der Waals surface area contributed by atoms with Gasteiger partial charge < -0.3 is 4.74 Å². The highest BCUT2D eigenvalue weighted by atomic mass is 19.4. The third kappa shape index (κ3) is 2.93. The minimum absolute atomic E-state index is 0.172. The molecule has 0 amide bonds. The maximum absolute atomic E-state index is 12.7. The van der Waals surface area contributed by atoms with Gasteiger partial charge in [0.05, 0.1) is 17.7 Å². The van der Waals surface area contributed by atoms with Crippen LogP contribution in [0, 0.1) is 0 Å². The number of aromatic nitrogens is 1. The van der Waals surface area contributed by atoms with Crippen LogP contribution in [0.4, 0.5) is 22.0 Å². The number of hydrogen-bond acceptors (Lipinski definition) is 3. The number of rotatable bonds is 3. The summed E-state index contributed by atoms with van der Waals surface area (Å²) in [6, 6.07) is 0. The average molecular weight is 269 g/mol. The predicted molar refractivity (Wildman–Crippen MR) is 50.2 cm³/mol. The zero-order chi connectivity index (χ0) is 13.9. The molecule has 1 aromatic rings. The molecule has 18 heavy (non-hydrogen) atoms. The number of halogens is 5. The van der Waals surface area contributed by atoms with Gasteiger partial charge in [-0.05, 0) is 6.92 Å². The lowest BCUT2D eigenvalue weighted by Crippen LogP contribution is -2.18. The van der Waals surface area contributed by atoms with Crippen LogP contribution in [-0.4, -0.2) is 17.6 Å². The minimum Gasteiger partial charge on any atom is -0.462 e. The molecule has 0 aliphatic carbocycles. The molecule has 0 saturated heterocycles. The second kappa shape index (κ2) is 5.28. The van der Waals surface area contributed by atoms with Gasteiger partial charge in [-0.25, -0.2) is 13.6 Å². The van der Waals surface area contributed by atoms with E-state index in [9.17, 15) is 26.7 Å². The Hall–Kier alpha value is -1.73. The molecule has 0 fully saturated rings. The number of carbonyl (C=O) groups excluding carboxylic acids is 1. The number of hydrogen-bond donors (Lipinski definition) is 0. The molecule has 1 rings (SSSR count). The molecule has 0 N–H and O–H groups in total. The van der Waals surface area contributed by atoms with Crippen LogP contribution in [0.3, 0.4) is 0 Å². The first-order chi connectivity index (χ1) is 8.29. The Kier molecular flexibility index (Phi) is 4.20. The summed E-state index contributed by atoms with van der Waals surface area (Å²) in [4.78, 5) is 14.5. The molecule has 0 aliphatic rings. The fraction of sp³-hybridized carbons (Fsp3) is 0.400. The molecule has 1 heterocycles. The zero-order valence-electron chi connectivity index (χ0n) is 9.09. The third-order valence-corrected chi connectivity index (χ3v) is 1.99. The lowest BCUT2D eigenvalue weighted by molar-refractivity contribution is -0.140. The minimum atomic E-state index is -5.09. The second-order valence-electron chi connectivity index (χ2n) is 3.17. The van der Waals surface area contributed by atoms with E-state index in [1.165, 1.54) is 6.92 Å². The summed E-state index contributed by atoms with van der Waals surface area (Å²) in [6.07, 6.45) is -7.52. The van der Waals surface area contributed by atoms with E-state index < -0.39 is 35.3 Å². The topological polar surface area (TPSA) is 39.2 Å². The van der Waals surface area contributed by atoms with Crippen LogP contribution in [0.2, 0.25) is 0 Å². The monoisotopic (exact) mass is 269 g/mol. The van der Waals surface area contributed by atoms with Crippen molar-refractivity contribution >= 4 is 5.97 Å². The Balaban J connectivity index is 3.43. The van der Waals surface area contributed by atoms with E-state index in [1.54, 1.807) is 0 Å². The van der Waals surface area contributed by atoms with Crippen molar-refractivity contribution in [2.24, 2.45) is 0 Å². The van der Waals surface area contributed by atoms with Gasteiger partial charge in [0.2, 0.25) is 0 Å². The Bertz CT molecular complexity index is 444. The molecular formula is C10H8F5NO2. The molecular weight excluding hydrogens is 261 g/mol. The van der Waals surface area contributed by atoms with Crippen molar-refractivity contribution in [3.63, 3.8) is 0 Å². The van der Waals surface area contributed by atoms with Gasteiger partial charge in [-0.1, -0.05) is 0 Å². The molecule has 0 unspecified atom stereocenters. The summed E-state index contributed by atoms with van der Waals surface area (Å²) < 4.78 is 67.5. The maximum atomic E-state index is 12.7. The highest BCUT2D eigenvalue weighted by Crippen LogP contribution is 2.38. The summed E-state index contributed by atoms with van der Waals surface area (Å²) in [5.41, 5.74) is -4.05. The number of pyridine rings is 1. The van der Waals surface area contributed by atoms with E-state index >= 15 is 0 Å². The van der Waals surface area contributed by atoms with Gasteiger partial charge in [-0.2, -0.15) is 13.2 Å². The van der Waals surface area contributed by atoms with Crippen molar-refractivity contribution in [3.8, 4) is 0 Å². The lowest BCUT2D eigenvalue weighted by atomic mass is 10.0. The van der Waals surface area contributed by atoms with Crippen molar-refractivity contribution in [3.05, 3.63) is 29.1 Å². The fourth-order valence-electron chi connectivity index (χ4n) is 1.32. The van der Waals surface area contributed by atoms with Gasteiger partial charge in [0, 0.05) is 18.0 Å². The number of carbonyl (C=O) groups is 1. The van der Waals surface area contributed by atoms with Gasteiger partial charge in [-0.15, -0.1) is 0 Å². The summed E-state index contributed by atoms with van der Waals surface area (Å²) in [7, 11) is 0. The summed E-state index contributed by atoms with van der Waals surface area (Å²) in [5.74, 6) is -1.33. The normalized spacial score (nSPS) is 11.7. The van der Waals surface area contributed by atoms with E-state index in [1.807, 2.05) is 0 Å². The van der Waals surface area contributed by atoms with E-state index in [4.69, 9.17) is 0 Å². The highest BCUT2D eigenvalue weighted by Gasteiger charge is 2.40. The van der Waals surface area contributed by atoms with Crippen LogP contribution in [-0.2, 0) is 10.9 Å². The van der Waals surface area contributed by atoms with Crippen molar-refractivity contribution in [1.82, 2.24) is 4.98 Å². The number of esters is 1. The maximum Gasteiger partial charge on any atom is 0.417 e. The highest BCUT2D eigenvalue weighted by molar-refractivity contribution is 5.91.